The van der Waals surface area contributed by atoms with E-state index in [2.05, 4.69) is 68.8 Å². The zero-order valence-electron chi connectivity index (χ0n) is 58.3. The molecule has 56 heteroatoms. The molecule has 2 aliphatic heterocycles. The number of amides is 4. The molecule has 0 spiro atoms. The molecule has 4 unspecified atom stereocenters. The first-order chi connectivity index (χ1) is 49.9. The molecule has 14 atom stereocenters. The smallest absolute Gasteiger partial charge is 0.386 e. The molecule has 108 heavy (non-hydrogen) atoms. The Morgan fingerprint density at radius 2 is 0.880 bits per heavy atom. The minimum atomic E-state index is -5.57. The van der Waals surface area contributed by atoms with Gasteiger partial charge in [-0.05, 0) is 38.8 Å². The number of nitrogen functional groups attached to an aromatic ring is 2. The molecule has 4 aromatic rings. The van der Waals surface area contributed by atoms with Crippen molar-refractivity contribution < 1.29 is 161 Å². The quantitative estimate of drug-likeness (QED) is 0.0148. The minimum absolute atomic E-state index is 0.0301. The number of nitrogens with one attached hydrogen (secondary N) is 4. The summed E-state index contributed by atoms with van der Waals surface area (Å²) in [4.78, 5) is 174. The Labute approximate surface area is 621 Å². The van der Waals surface area contributed by atoms with Gasteiger partial charge in [-0.3, -0.25) is 65.0 Å². The lowest BCUT2D eigenvalue weighted by Gasteiger charge is -2.30. The Morgan fingerprint density at radius 3 is 1.20 bits per heavy atom. The van der Waals surface area contributed by atoms with Crippen LogP contribution >= 0.6 is 70.5 Å². The molecule has 608 valence electrons. The fraction of sp³-hybridized carbons (Fsp3) is 0.615. The van der Waals surface area contributed by atoms with Crippen LogP contribution < -0.4 is 32.7 Å². The summed E-state index contributed by atoms with van der Waals surface area (Å²) < 4.78 is 124. The molecule has 2 aliphatic rings. The number of imidazole rings is 2. The van der Waals surface area contributed by atoms with E-state index >= 15 is 0 Å². The van der Waals surface area contributed by atoms with Gasteiger partial charge in [-0.2, -0.15) is 8.62 Å². The Hall–Kier alpha value is -5.40. The number of carbonyl (C=O) groups is 6. The minimum Gasteiger partial charge on any atom is -0.386 e. The number of rotatable bonds is 40. The summed E-state index contributed by atoms with van der Waals surface area (Å²) in [6.07, 6.45) is -10.5. The SMILES string of the molecule is C/C=C(\C)C(=O)SCCNC(=O)CCNC(=O)[C@H](O)C(C)(C)COP(=O)(O)OP(=O)(O)OC[C@H]1O[C@@H](n2cnc3c(N)ncnc32)[C@H](O)[C@@H]1OP(=O)(O)O.C/C=C(\C)C(=O)SCCNC(=O)CCNC(=O)[C@H](O)C(C)(C)COP(=O)(O)OP(=O)(O)OC[C@H]1O[C@@H](n2cnc3c(N)ncnc32)[C@H](O)[C@@H]1OP(=O)(O)O. The van der Waals surface area contributed by atoms with Crippen LogP contribution in [0.5, 0.6) is 0 Å². The molecule has 48 nitrogen and oxygen atoms in total. The monoisotopic (exact) mass is 1700 g/mol. The Balaban J connectivity index is 0.000000387. The Kier molecular flexibility index (Phi) is 34.4. The van der Waals surface area contributed by atoms with E-state index in [1.165, 1.54) is 27.7 Å². The predicted octanol–water partition coefficient (Wildman–Crippen LogP) is -0.738. The van der Waals surface area contributed by atoms with Gasteiger partial charge in [0.1, 0.15) is 72.5 Å². The van der Waals surface area contributed by atoms with Gasteiger partial charge < -0.3 is 102 Å². The van der Waals surface area contributed by atoms with Crippen LogP contribution in [-0.2, 0) is 101 Å². The molecule has 0 saturated carbocycles. The average Bonchev–Trinajstić information content (AvgIpc) is 1.62. The number of phosphoric acid groups is 6. The van der Waals surface area contributed by atoms with Crippen molar-refractivity contribution in [2.24, 2.45) is 10.8 Å². The number of aromatic nitrogens is 8. The maximum atomic E-state index is 12.7. The third kappa shape index (κ3) is 28.7. The van der Waals surface area contributed by atoms with Gasteiger partial charge in [0.05, 0.1) is 39.1 Å². The van der Waals surface area contributed by atoms with Gasteiger partial charge in [-0.25, -0.2) is 57.3 Å². The fourth-order valence-corrected chi connectivity index (χ4v) is 16.1. The van der Waals surface area contributed by atoms with Crippen LogP contribution in [-0.4, -0.2) is 245 Å². The van der Waals surface area contributed by atoms with Gasteiger partial charge in [-0.15, -0.1) is 0 Å². The van der Waals surface area contributed by atoms with E-state index in [0.29, 0.717) is 22.7 Å². The van der Waals surface area contributed by atoms with Crippen LogP contribution in [0.25, 0.3) is 22.3 Å². The number of allylic oxidation sites excluding steroid dienone is 2. The van der Waals surface area contributed by atoms with Crippen molar-refractivity contribution in [1.29, 1.82) is 0 Å². The average molecular weight is 1700 g/mol. The van der Waals surface area contributed by atoms with Crippen molar-refractivity contribution in [3.8, 4) is 0 Å². The summed E-state index contributed by atoms with van der Waals surface area (Å²) in [5.41, 5.74) is 9.68. The summed E-state index contributed by atoms with van der Waals surface area (Å²) >= 11 is 2.07. The Morgan fingerprint density at radius 1 is 0.546 bits per heavy atom. The molecule has 6 heterocycles. The standard InChI is InChI=1S/2C26H42N7O17P3S/c2*1-5-14(2)25(38)54-9-8-28-16(34)6-7-29-23(37)20(36)26(3,4)11-47-53(44,45)50-52(42,43)46-10-15-19(49-51(39,40)41)18(35)24(48-15)33-13-32-17-21(27)30-12-31-22(17)33/h2*5,12-13,15,18-20,24,35-36H,6-11H2,1-4H3,(H,28,34)(H,29,37)(H,42,43)(H,44,45)(H2,27,30,31)(H2,39,40,41)/b2*14-5+/t2*15-,18-,19-,20+,24-/m11/s1. The molecular formula is C52H84N14O34P6S2. The highest BCUT2D eigenvalue weighted by Crippen LogP contribution is 2.63. The van der Waals surface area contributed by atoms with Crippen LogP contribution in [0.15, 0.2) is 48.6 Å². The van der Waals surface area contributed by atoms with Crippen LogP contribution in [0, 0.1) is 10.8 Å². The number of ether oxygens (including phenoxy) is 2. The number of anilines is 2. The molecule has 2 fully saturated rings. The van der Waals surface area contributed by atoms with Gasteiger partial charge in [0.25, 0.3) is 0 Å². The molecule has 6 rings (SSSR count). The second-order valence-electron chi connectivity index (χ2n) is 24.4. The van der Waals surface area contributed by atoms with E-state index in [4.69, 9.17) is 39.0 Å². The van der Waals surface area contributed by atoms with Gasteiger partial charge in [0.2, 0.25) is 33.9 Å². The molecule has 4 amide bonds. The number of thioether (sulfide) groups is 2. The third-order valence-electron chi connectivity index (χ3n) is 15.0. The summed E-state index contributed by atoms with van der Waals surface area (Å²) in [5.74, 6) is -2.26. The van der Waals surface area contributed by atoms with E-state index in [1.807, 2.05) is 0 Å². The first-order valence-corrected chi connectivity index (χ1v) is 42.3. The summed E-state index contributed by atoms with van der Waals surface area (Å²) in [6, 6.07) is 0. The Bertz CT molecular complexity index is 3940. The van der Waals surface area contributed by atoms with Crippen molar-refractivity contribution in [2.45, 2.75) is 130 Å². The molecular weight excluding hydrogens is 1610 g/mol. The van der Waals surface area contributed by atoms with Crippen LogP contribution in [0.4, 0.5) is 11.6 Å². The van der Waals surface area contributed by atoms with Crippen LogP contribution in [0.2, 0.25) is 0 Å². The fourth-order valence-electron chi connectivity index (χ4n) is 9.01. The van der Waals surface area contributed by atoms with Gasteiger partial charge in [-0.1, -0.05) is 63.4 Å². The number of carbonyl (C=O) groups excluding carboxylic acids is 6. The summed E-state index contributed by atoms with van der Waals surface area (Å²) in [6.45, 7) is 7.76. The maximum Gasteiger partial charge on any atom is 0.481 e. The number of aliphatic hydroxyl groups is 4. The maximum absolute atomic E-state index is 12.7. The second-order valence-corrected chi connectivity index (χ2v) is 35.0. The van der Waals surface area contributed by atoms with Crippen molar-refractivity contribution in [3.63, 3.8) is 0 Å². The number of aliphatic hydroxyl groups excluding tert-OH is 4. The van der Waals surface area contributed by atoms with Gasteiger partial charge >= 0.3 is 46.9 Å². The topological polar surface area (TPSA) is 727 Å². The highest BCUT2D eigenvalue weighted by molar-refractivity contribution is 8.14. The van der Waals surface area contributed by atoms with Crippen molar-refractivity contribution in [2.75, 3.05) is 75.6 Å². The number of nitrogens with two attached hydrogens (primary N) is 2. The normalized spacial score (nSPS) is 22.4. The van der Waals surface area contributed by atoms with Crippen molar-refractivity contribution in [1.82, 2.24) is 60.3 Å². The highest BCUT2D eigenvalue weighted by atomic mass is 32.2. The molecule has 0 aliphatic carbocycles. The summed E-state index contributed by atoms with van der Waals surface area (Å²) in [7, 11) is -32.8. The summed E-state index contributed by atoms with van der Waals surface area (Å²) in [5, 5.41) is 52.3. The highest BCUT2D eigenvalue weighted by Gasteiger charge is 2.53. The molecule has 0 aromatic carbocycles. The van der Waals surface area contributed by atoms with Crippen molar-refractivity contribution in [3.05, 3.63) is 48.6 Å². The van der Waals surface area contributed by atoms with Crippen LogP contribution in [0.3, 0.4) is 0 Å². The van der Waals surface area contributed by atoms with Gasteiger partial charge in [0, 0.05) is 61.4 Å². The van der Waals surface area contributed by atoms with Crippen LogP contribution in [0.1, 0.15) is 80.7 Å². The number of hydrogen-bond donors (Lipinski definition) is 18. The molecule has 0 radical (unpaired) electrons. The number of nitrogens with zero attached hydrogens (tertiary/aromatic N) is 8. The zero-order chi connectivity index (χ0) is 81.3. The molecule has 4 aromatic heterocycles. The molecule has 20 N–H and O–H groups in total. The first-order valence-electron chi connectivity index (χ1n) is 31.3. The number of phosphoric ester groups is 6. The van der Waals surface area contributed by atoms with Crippen molar-refractivity contribution >= 4 is 138 Å². The van der Waals surface area contributed by atoms with E-state index in [-0.39, 0.29) is 83.2 Å². The number of fused-ring (bicyclic) bond motifs is 2. The first kappa shape index (κ1) is 93.2. The predicted molar refractivity (Wildman–Crippen MR) is 373 cm³/mol. The van der Waals surface area contributed by atoms with E-state index in [1.54, 1.807) is 39.8 Å². The number of hydrogen-bond acceptors (Lipinski definition) is 36. The molecule has 0 bridgehead atoms. The lowest BCUT2D eigenvalue weighted by molar-refractivity contribution is -0.137. The van der Waals surface area contributed by atoms with E-state index in [0.717, 1.165) is 58.0 Å². The lowest BCUT2D eigenvalue weighted by atomic mass is 9.87. The zero-order valence-corrected chi connectivity index (χ0v) is 65.3. The second kappa shape index (κ2) is 39.9. The molecule has 2 saturated heterocycles. The third-order valence-corrected chi connectivity index (χ3v) is 23.2. The lowest BCUT2D eigenvalue weighted by Crippen LogP contribution is -2.46. The largest absolute Gasteiger partial charge is 0.481 e. The van der Waals surface area contributed by atoms with Gasteiger partial charge in [0.15, 0.2) is 35.4 Å². The van der Waals surface area contributed by atoms with E-state index in [9.17, 15) is 116 Å². The van der Waals surface area contributed by atoms with E-state index < -0.39 is 169 Å².